The molecule has 14 heteroatoms. The number of nitrogens with zero attached hydrogens (tertiary/aromatic N) is 4. The van der Waals surface area contributed by atoms with E-state index >= 15 is 0 Å². The number of carboxylic acids is 1. The molecule has 4 atom stereocenters. The van der Waals surface area contributed by atoms with Crippen molar-refractivity contribution < 1.29 is 33.3 Å². The third-order valence-corrected chi connectivity index (χ3v) is 4.08. The van der Waals surface area contributed by atoms with Crippen LogP contribution in [0.2, 0.25) is 10.4 Å². The molecule has 0 radical (unpaired) electrons. The molecule has 2 aromatic rings. The fourth-order valence-corrected chi connectivity index (χ4v) is 2.84. The van der Waals surface area contributed by atoms with Crippen LogP contribution in [0.3, 0.4) is 0 Å². The summed E-state index contributed by atoms with van der Waals surface area (Å²) in [6, 6.07) is -0.915. The van der Waals surface area contributed by atoms with Gasteiger partial charge in [0.1, 0.15) is 11.6 Å². The van der Waals surface area contributed by atoms with Crippen molar-refractivity contribution in [1.29, 1.82) is 0 Å². The van der Waals surface area contributed by atoms with Crippen LogP contribution in [-0.4, -0.2) is 65.2 Å². The molecular weight excluding hydrogens is 406 g/mol. The fourth-order valence-electron chi connectivity index (χ4n) is 2.42. The number of alkyl halides is 3. The first-order valence-electron chi connectivity index (χ1n) is 6.91. The van der Waals surface area contributed by atoms with Gasteiger partial charge in [-0.25, -0.2) is 14.8 Å². The maximum atomic E-state index is 10.6. The monoisotopic (exact) mass is 417 g/mol. The van der Waals surface area contributed by atoms with Gasteiger partial charge in [0, 0.05) is 6.04 Å². The second-order valence-corrected chi connectivity index (χ2v) is 6.05. The molecule has 1 aliphatic rings. The lowest BCUT2D eigenvalue weighted by atomic mass is 10.2. The van der Waals surface area contributed by atoms with Crippen LogP contribution < -0.4 is 5.73 Å². The highest BCUT2D eigenvalue weighted by atomic mass is 35.5. The first kappa shape index (κ1) is 20.6. The van der Waals surface area contributed by atoms with Crippen LogP contribution >= 0.6 is 23.2 Å². The van der Waals surface area contributed by atoms with Crippen LogP contribution in [0.4, 0.5) is 13.2 Å². The number of aliphatic hydroxyl groups is 2. The first-order chi connectivity index (χ1) is 11.9. The minimum atomic E-state index is -5.08. The van der Waals surface area contributed by atoms with Gasteiger partial charge >= 0.3 is 12.1 Å². The molecule has 144 valence electrons. The maximum absolute atomic E-state index is 10.6. The van der Waals surface area contributed by atoms with Gasteiger partial charge in [-0.05, 0) is 18.0 Å². The molecule has 9 nitrogen and oxygen atoms in total. The molecule has 0 bridgehead atoms. The van der Waals surface area contributed by atoms with Crippen LogP contribution in [0.1, 0.15) is 12.5 Å². The molecule has 26 heavy (non-hydrogen) atoms. The van der Waals surface area contributed by atoms with Crippen molar-refractivity contribution in [1.82, 2.24) is 19.5 Å². The van der Waals surface area contributed by atoms with E-state index in [-0.39, 0.29) is 10.4 Å². The van der Waals surface area contributed by atoms with Gasteiger partial charge in [-0.1, -0.05) is 11.6 Å². The van der Waals surface area contributed by atoms with Crippen molar-refractivity contribution in [3.63, 3.8) is 0 Å². The SMILES string of the molecule is NC1CC(n2cnc3c(Cl)nc(Cl)nc32)C(O)C1O.O=C(O)C(F)(F)F. The third-order valence-electron chi connectivity index (χ3n) is 3.65. The zero-order valence-corrected chi connectivity index (χ0v) is 14.1. The van der Waals surface area contributed by atoms with Crippen molar-refractivity contribution in [2.45, 2.75) is 36.9 Å². The highest BCUT2D eigenvalue weighted by Gasteiger charge is 2.41. The smallest absolute Gasteiger partial charge is 0.475 e. The number of carbonyl (C=O) groups is 1. The van der Waals surface area contributed by atoms with Gasteiger partial charge in [0.25, 0.3) is 0 Å². The number of nitrogens with two attached hydrogens (primary N) is 1. The number of aromatic nitrogens is 4. The maximum Gasteiger partial charge on any atom is 0.490 e. The zero-order valence-electron chi connectivity index (χ0n) is 12.6. The van der Waals surface area contributed by atoms with Crippen molar-refractivity contribution in [2.75, 3.05) is 0 Å². The highest BCUT2D eigenvalue weighted by Crippen LogP contribution is 2.33. The van der Waals surface area contributed by atoms with Crippen LogP contribution in [0, 0.1) is 0 Å². The van der Waals surface area contributed by atoms with Crippen LogP contribution in [0.15, 0.2) is 6.33 Å². The van der Waals surface area contributed by atoms with E-state index in [9.17, 15) is 23.4 Å². The van der Waals surface area contributed by atoms with E-state index in [1.54, 1.807) is 4.57 Å². The highest BCUT2D eigenvalue weighted by molar-refractivity contribution is 6.35. The summed E-state index contributed by atoms with van der Waals surface area (Å²) in [6.45, 7) is 0. The van der Waals surface area contributed by atoms with Crippen LogP contribution in [0.5, 0.6) is 0 Å². The lowest BCUT2D eigenvalue weighted by Gasteiger charge is -2.17. The number of halogens is 5. The molecule has 0 amide bonds. The minimum absolute atomic E-state index is 0.00316. The van der Waals surface area contributed by atoms with Crippen molar-refractivity contribution in [2.24, 2.45) is 5.73 Å². The Morgan fingerprint density at radius 1 is 1.27 bits per heavy atom. The number of fused-ring (bicyclic) bond motifs is 1. The lowest BCUT2D eigenvalue weighted by Crippen LogP contribution is -2.35. The number of rotatable bonds is 1. The van der Waals surface area contributed by atoms with Gasteiger partial charge in [-0.15, -0.1) is 0 Å². The summed E-state index contributed by atoms with van der Waals surface area (Å²) in [5.74, 6) is -2.76. The summed E-state index contributed by atoms with van der Waals surface area (Å²) >= 11 is 11.7. The number of carboxylic acid groups (broad SMARTS) is 1. The topological polar surface area (TPSA) is 147 Å². The Morgan fingerprint density at radius 3 is 2.31 bits per heavy atom. The largest absolute Gasteiger partial charge is 0.490 e. The Kier molecular flexibility index (Phi) is 5.92. The molecule has 1 aliphatic carbocycles. The number of aliphatic carboxylic acids is 1. The van der Waals surface area contributed by atoms with Crippen LogP contribution in [-0.2, 0) is 4.79 Å². The molecule has 1 saturated carbocycles. The van der Waals surface area contributed by atoms with E-state index in [0.717, 1.165) is 0 Å². The number of hydrogen-bond donors (Lipinski definition) is 4. The number of imidazole rings is 1. The van der Waals surface area contributed by atoms with Gasteiger partial charge in [-0.2, -0.15) is 18.2 Å². The van der Waals surface area contributed by atoms with Gasteiger partial charge in [0.05, 0.1) is 18.5 Å². The van der Waals surface area contributed by atoms with E-state index in [4.69, 9.17) is 38.8 Å². The summed E-state index contributed by atoms with van der Waals surface area (Å²) in [5.41, 5.74) is 6.55. The number of aliphatic hydroxyl groups excluding tert-OH is 2. The molecule has 1 fully saturated rings. The van der Waals surface area contributed by atoms with E-state index in [1.165, 1.54) is 6.33 Å². The van der Waals surface area contributed by atoms with Gasteiger partial charge < -0.3 is 25.6 Å². The predicted molar refractivity (Wildman–Crippen MR) is 82.7 cm³/mol. The molecule has 2 aromatic heterocycles. The Hall–Kier alpha value is -1.73. The Bertz CT molecular complexity index is 818. The second-order valence-electron chi connectivity index (χ2n) is 5.36. The molecular formula is C12H12Cl2F3N5O4. The zero-order chi connectivity index (χ0) is 19.8. The summed E-state index contributed by atoms with van der Waals surface area (Å²) in [5, 5.41) is 27.0. The van der Waals surface area contributed by atoms with E-state index in [2.05, 4.69) is 15.0 Å². The average Bonchev–Trinajstić information content (AvgIpc) is 3.04. The first-order valence-corrected chi connectivity index (χ1v) is 7.66. The summed E-state index contributed by atoms with van der Waals surface area (Å²) in [7, 11) is 0. The Morgan fingerprint density at radius 2 is 1.85 bits per heavy atom. The normalized spacial score (nSPS) is 25.8. The molecule has 0 aliphatic heterocycles. The van der Waals surface area contributed by atoms with Gasteiger partial charge in [0.2, 0.25) is 5.28 Å². The second kappa shape index (κ2) is 7.48. The Labute approximate surface area is 153 Å². The molecule has 0 aromatic carbocycles. The van der Waals surface area contributed by atoms with Crippen molar-refractivity contribution >= 4 is 40.3 Å². The average molecular weight is 418 g/mol. The van der Waals surface area contributed by atoms with E-state index in [1.807, 2.05) is 0 Å². The molecule has 0 saturated heterocycles. The van der Waals surface area contributed by atoms with E-state index in [0.29, 0.717) is 17.6 Å². The summed E-state index contributed by atoms with van der Waals surface area (Å²) in [4.78, 5) is 20.9. The minimum Gasteiger partial charge on any atom is -0.475 e. The van der Waals surface area contributed by atoms with Crippen LogP contribution in [0.25, 0.3) is 11.2 Å². The fraction of sp³-hybridized carbons (Fsp3) is 0.500. The predicted octanol–water partition coefficient (Wildman–Crippen LogP) is 0.760. The van der Waals surface area contributed by atoms with E-state index < -0.39 is 36.4 Å². The van der Waals surface area contributed by atoms with Gasteiger partial charge in [0.15, 0.2) is 10.8 Å². The lowest BCUT2D eigenvalue weighted by molar-refractivity contribution is -0.192. The standard InChI is InChI=1S/C10H11Cl2N5O2.C2HF3O2/c11-8-5-9(16-10(12)15-8)17(2-14-5)4-1-3(13)6(18)7(4)19;3-2(4,5)1(6)7/h2-4,6-7,18-19H,1,13H2;(H,6,7). The van der Waals surface area contributed by atoms with Crippen molar-refractivity contribution in [3.8, 4) is 0 Å². The molecule has 0 spiro atoms. The van der Waals surface area contributed by atoms with Crippen molar-refractivity contribution in [3.05, 3.63) is 16.8 Å². The molecule has 3 rings (SSSR count). The molecule has 5 N–H and O–H groups in total. The summed E-state index contributed by atoms with van der Waals surface area (Å²) < 4.78 is 33.4. The summed E-state index contributed by atoms with van der Waals surface area (Å²) in [6.07, 6.45) is -5.15. The van der Waals surface area contributed by atoms with Gasteiger partial charge in [-0.3, -0.25) is 0 Å². The molecule has 2 heterocycles. The quantitative estimate of drug-likeness (QED) is 0.392. The molecule has 4 unspecified atom stereocenters. The third kappa shape index (κ3) is 4.15. The number of hydrogen-bond acceptors (Lipinski definition) is 7. The Balaban J connectivity index is 0.000000298.